The van der Waals surface area contributed by atoms with E-state index in [1.54, 1.807) is 12.1 Å². The fraction of sp³-hybridized carbons (Fsp3) is 0.333. The van der Waals surface area contributed by atoms with Crippen LogP contribution in [0.4, 0.5) is 4.39 Å². The van der Waals surface area contributed by atoms with Gasteiger partial charge >= 0.3 is 0 Å². The van der Waals surface area contributed by atoms with Crippen LogP contribution in [0.25, 0.3) is 0 Å². The third-order valence-corrected chi connectivity index (χ3v) is 1.61. The molecule has 0 aliphatic rings. The van der Waals surface area contributed by atoms with Crippen LogP contribution in [0, 0.1) is 5.82 Å². The Morgan fingerprint density at radius 1 is 1.33 bits per heavy atom. The molecular weight excluding hydrogens is 223 g/mol. The molecule has 1 aromatic carbocycles. The zero-order valence-corrected chi connectivity index (χ0v) is 8.98. The molecule has 0 aromatic heterocycles. The Hall–Kier alpha value is -0.570. The van der Waals surface area contributed by atoms with Gasteiger partial charge in [0.15, 0.2) is 11.6 Å². The number of methoxy groups -OCH3 is 1. The van der Waals surface area contributed by atoms with Crippen LogP contribution in [0.2, 0.25) is 0 Å². The Balaban J connectivity index is 0.000000561. The molecule has 1 rings (SSSR count). The molecule has 0 saturated heterocycles. The number of hydrogen-bond acceptors (Lipinski definition) is 1. The molecular formula is C9H12BrFO. The molecule has 68 valence electrons. The number of rotatable bonds is 1. The van der Waals surface area contributed by atoms with Crippen molar-refractivity contribution in [1.29, 1.82) is 0 Å². The van der Waals surface area contributed by atoms with Gasteiger partial charge in [-0.25, -0.2) is 4.39 Å². The maximum atomic E-state index is 12.7. The standard InChI is InChI=1S/C7H6BrFO.C2H6/c1-10-7-3-2-5(8)4-6(7)9;1-2/h2-4H,1H3;1-2H3. The number of hydrogen-bond donors (Lipinski definition) is 0. The van der Waals surface area contributed by atoms with Gasteiger partial charge in [0.25, 0.3) is 0 Å². The quantitative estimate of drug-likeness (QED) is 0.722. The van der Waals surface area contributed by atoms with Gasteiger partial charge in [-0.05, 0) is 18.2 Å². The van der Waals surface area contributed by atoms with Crippen LogP contribution in [0.3, 0.4) is 0 Å². The van der Waals surface area contributed by atoms with Gasteiger partial charge in [0.2, 0.25) is 0 Å². The summed E-state index contributed by atoms with van der Waals surface area (Å²) in [6, 6.07) is 4.65. The Morgan fingerprint density at radius 3 is 2.33 bits per heavy atom. The molecule has 0 radical (unpaired) electrons. The first-order chi connectivity index (χ1) is 5.74. The monoisotopic (exact) mass is 234 g/mol. The van der Waals surface area contributed by atoms with E-state index in [9.17, 15) is 4.39 Å². The van der Waals surface area contributed by atoms with Gasteiger partial charge in [-0.15, -0.1) is 0 Å². The largest absolute Gasteiger partial charge is 0.494 e. The van der Waals surface area contributed by atoms with Crippen LogP contribution >= 0.6 is 15.9 Å². The summed E-state index contributed by atoms with van der Waals surface area (Å²) in [5.74, 6) is -0.0833. The molecule has 0 aliphatic carbocycles. The van der Waals surface area contributed by atoms with Crippen LogP contribution in [0.15, 0.2) is 22.7 Å². The first-order valence-corrected chi connectivity index (χ1v) is 4.52. The molecule has 0 spiro atoms. The lowest BCUT2D eigenvalue weighted by molar-refractivity contribution is 0.386. The highest BCUT2D eigenvalue weighted by molar-refractivity contribution is 9.10. The molecule has 0 bridgehead atoms. The summed E-state index contributed by atoms with van der Waals surface area (Å²) in [6.45, 7) is 4.00. The van der Waals surface area contributed by atoms with E-state index in [4.69, 9.17) is 4.74 Å². The molecule has 0 heterocycles. The van der Waals surface area contributed by atoms with Crippen molar-refractivity contribution in [3.63, 3.8) is 0 Å². The van der Waals surface area contributed by atoms with E-state index >= 15 is 0 Å². The SMILES string of the molecule is CC.COc1ccc(Br)cc1F. The molecule has 0 unspecified atom stereocenters. The number of benzene rings is 1. The number of halogens is 2. The van der Waals surface area contributed by atoms with Crippen molar-refractivity contribution in [3.05, 3.63) is 28.5 Å². The van der Waals surface area contributed by atoms with Gasteiger partial charge < -0.3 is 4.74 Å². The summed E-state index contributed by atoms with van der Waals surface area (Å²) in [7, 11) is 1.44. The summed E-state index contributed by atoms with van der Waals surface area (Å²) in [5, 5.41) is 0. The second-order valence-electron chi connectivity index (χ2n) is 1.78. The predicted octanol–water partition coefficient (Wildman–Crippen LogP) is 3.62. The third-order valence-electron chi connectivity index (χ3n) is 1.11. The van der Waals surface area contributed by atoms with E-state index in [2.05, 4.69) is 15.9 Å². The Kier molecular flexibility index (Phi) is 5.72. The normalized spacial score (nSPS) is 8.42. The molecule has 0 fully saturated rings. The van der Waals surface area contributed by atoms with Crippen molar-refractivity contribution in [1.82, 2.24) is 0 Å². The molecule has 0 N–H and O–H groups in total. The second kappa shape index (κ2) is 6.00. The van der Waals surface area contributed by atoms with Crippen molar-refractivity contribution in [2.75, 3.05) is 7.11 Å². The van der Waals surface area contributed by atoms with E-state index in [0.717, 1.165) is 0 Å². The Bertz CT molecular complexity index is 238. The van der Waals surface area contributed by atoms with E-state index in [1.807, 2.05) is 13.8 Å². The van der Waals surface area contributed by atoms with Gasteiger partial charge in [0.05, 0.1) is 7.11 Å². The Morgan fingerprint density at radius 2 is 1.92 bits per heavy atom. The third kappa shape index (κ3) is 3.22. The summed E-state index contributed by atoms with van der Waals surface area (Å²) in [6.07, 6.45) is 0. The van der Waals surface area contributed by atoms with Crippen LogP contribution in [0.1, 0.15) is 13.8 Å². The summed E-state index contributed by atoms with van der Waals surface area (Å²) in [5.41, 5.74) is 0. The molecule has 1 nitrogen and oxygen atoms in total. The number of ether oxygens (including phenoxy) is 1. The van der Waals surface area contributed by atoms with E-state index in [0.29, 0.717) is 4.47 Å². The summed E-state index contributed by atoms with van der Waals surface area (Å²) >= 11 is 3.13. The topological polar surface area (TPSA) is 9.23 Å². The van der Waals surface area contributed by atoms with Crippen molar-refractivity contribution in [3.8, 4) is 5.75 Å². The van der Waals surface area contributed by atoms with Crippen LogP contribution < -0.4 is 4.74 Å². The van der Waals surface area contributed by atoms with Crippen molar-refractivity contribution >= 4 is 15.9 Å². The van der Waals surface area contributed by atoms with Crippen LogP contribution in [-0.2, 0) is 0 Å². The molecule has 1 aromatic rings. The first-order valence-electron chi connectivity index (χ1n) is 3.73. The van der Waals surface area contributed by atoms with Gasteiger partial charge in [0.1, 0.15) is 0 Å². The zero-order chi connectivity index (χ0) is 9.56. The van der Waals surface area contributed by atoms with E-state index in [1.165, 1.54) is 13.2 Å². The van der Waals surface area contributed by atoms with Crippen LogP contribution in [0.5, 0.6) is 5.75 Å². The first kappa shape index (κ1) is 11.4. The Labute approximate surface area is 80.7 Å². The second-order valence-corrected chi connectivity index (χ2v) is 2.69. The fourth-order valence-electron chi connectivity index (χ4n) is 0.641. The smallest absolute Gasteiger partial charge is 0.166 e. The minimum Gasteiger partial charge on any atom is -0.494 e. The molecule has 0 amide bonds. The van der Waals surface area contributed by atoms with Crippen molar-refractivity contribution in [2.24, 2.45) is 0 Å². The molecule has 0 saturated carbocycles. The molecule has 3 heteroatoms. The minimum absolute atomic E-state index is 0.267. The lowest BCUT2D eigenvalue weighted by Crippen LogP contribution is -1.86. The zero-order valence-electron chi connectivity index (χ0n) is 7.40. The highest BCUT2D eigenvalue weighted by Gasteiger charge is 1.99. The summed E-state index contributed by atoms with van der Waals surface area (Å²) in [4.78, 5) is 0. The summed E-state index contributed by atoms with van der Waals surface area (Å²) < 4.78 is 18.1. The maximum Gasteiger partial charge on any atom is 0.166 e. The lowest BCUT2D eigenvalue weighted by Gasteiger charge is -1.99. The van der Waals surface area contributed by atoms with Crippen LogP contribution in [-0.4, -0.2) is 7.11 Å². The predicted molar refractivity (Wildman–Crippen MR) is 52.0 cm³/mol. The highest BCUT2D eigenvalue weighted by Crippen LogP contribution is 2.20. The minimum atomic E-state index is -0.350. The lowest BCUT2D eigenvalue weighted by atomic mass is 10.3. The average molecular weight is 235 g/mol. The van der Waals surface area contributed by atoms with Gasteiger partial charge in [-0.1, -0.05) is 29.8 Å². The van der Waals surface area contributed by atoms with Crippen molar-refractivity contribution < 1.29 is 9.13 Å². The molecule has 0 aliphatic heterocycles. The van der Waals surface area contributed by atoms with E-state index < -0.39 is 0 Å². The highest BCUT2D eigenvalue weighted by atomic mass is 79.9. The molecule has 12 heavy (non-hydrogen) atoms. The van der Waals surface area contributed by atoms with Gasteiger partial charge in [-0.2, -0.15) is 0 Å². The average Bonchev–Trinajstić information content (AvgIpc) is 2.08. The maximum absolute atomic E-state index is 12.7. The van der Waals surface area contributed by atoms with E-state index in [-0.39, 0.29) is 11.6 Å². The van der Waals surface area contributed by atoms with Gasteiger partial charge in [-0.3, -0.25) is 0 Å². The van der Waals surface area contributed by atoms with Gasteiger partial charge in [0, 0.05) is 4.47 Å². The van der Waals surface area contributed by atoms with Crippen molar-refractivity contribution in [2.45, 2.75) is 13.8 Å². The molecule has 0 atom stereocenters. The fourth-order valence-corrected chi connectivity index (χ4v) is 0.974.